The highest BCUT2D eigenvalue weighted by molar-refractivity contribution is 7.91. The van der Waals surface area contributed by atoms with Crippen LogP contribution >= 0.6 is 0 Å². The van der Waals surface area contributed by atoms with Crippen LogP contribution in [0.2, 0.25) is 0 Å². The van der Waals surface area contributed by atoms with Crippen molar-refractivity contribution in [2.45, 2.75) is 12.3 Å². The van der Waals surface area contributed by atoms with Crippen LogP contribution in [0.4, 0.5) is 0 Å². The quantitative estimate of drug-likeness (QED) is 0.901. The molecule has 1 heterocycles. The zero-order valence-corrected chi connectivity index (χ0v) is 11.4. The van der Waals surface area contributed by atoms with E-state index in [2.05, 4.69) is 0 Å². The zero-order valence-electron chi connectivity index (χ0n) is 10.6. The van der Waals surface area contributed by atoms with Gasteiger partial charge < -0.3 is 9.84 Å². The van der Waals surface area contributed by atoms with Crippen LogP contribution in [0.15, 0.2) is 24.3 Å². The molecule has 0 saturated carbocycles. The van der Waals surface area contributed by atoms with Gasteiger partial charge in [-0.25, -0.2) is 8.42 Å². The van der Waals surface area contributed by atoms with Crippen molar-refractivity contribution in [3.63, 3.8) is 0 Å². The molecule has 0 radical (unpaired) electrons. The second-order valence-electron chi connectivity index (χ2n) is 4.76. The van der Waals surface area contributed by atoms with Gasteiger partial charge in [0.1, 0.15) is 5.75 Å². The molecule has 5 nitrogen and oxygen atoms in total. The second kappa shape index (κ2) is 5.21. The van der Waals surface area contributed by atoms with E-state index in [-0.39, 0.29) is 17.4 Å². The Balaban J connectivity index is 2.33. The van der Waals surface area contributed by atoms with E-state index in [4.69, 9.17) is 4.74 Å². The summed E-state index contributed by atoms with van der Waals surface area (Å²) in [5.41, 5.74) is 0.592. The number of rotatable bonds is 4. The lowest BCUT2D eigenvalue weighted by Crippen LogP contribution is -2.22. The van der Waals surface area contributed by atoms with E-state index in [0.29, 0.717) is 17.7 Å². The molecule has 104 valence electrons. The van der Waals surface area contributed by atoms with Crippen molar-refractivity contribution in [1.29, 1.82) is 0 Å². The average Bonchev–Trinajstić information content (AvgIpc) is 2.69. The number of hydrogen-bond acceptors (Lipinski definition) is 4. The molecule has 2 atom stereocenters. The van der Waals surface area contributed by atoms with Crippen LogP contribution < -0.4 is 4.74 Å². The van der Waals surface area contributed by atoms with Gasteiger partial charge in [0.05, 0.1) is 24.5 Å². The maximum Gasteiger partial charge on any atom is 0.311 e. The Morgan fingerprint density at radius 2 is 2.21 bits per heavy atom. The summed E-state index contributed by atoms with van der Waals surface area (Å²) in [4.78, 5) is 11.5. The molecule has 0 aromatic heterocycles. The summed E-state index contributed by atoms with van der Waals surface area (Å²) in [6.07, 6.45) is 0.399. The average molecular weight is 284 g/mol. The highest BCUT2D eigenvalue weighted by Crippen LogP contribution is 2.34. The summed E-state index contributed by atoms with van der Waals surface area (Å²) < 4.78 is 28.1. The number of carboxylic acids is 1. The predicted octanol–water partition coefficient (Wildman–Crippen LogP) is 1.30. The third-order valence-electron chi connectivity index (χ3n) is 3.46. The van der Waals surface area contributed by atoms with Crippen molar-refractivity contribution >= 4 is 15.8 Å². The van der Waals surface area contributed by atoms with Gasteiger partial charge in [0.25, 0.3) is 0 Å². The van der Waals surface area contributed by atoms with E-state index < -0.39 is 21.7 Å². The van der Waals surface area contributed by atoms with E-state index in [1.54, 1.807) is 24.3 Å². The predicted molar refractivity (Wildman–Crippen MR) is 70.1 cm³/mol. The topological polar surface area (TPSA) is 80.7 Å². The summed E-state index contributed by atoms with van der Waals surface area (Å²) in [5, 5.41) is 9.39. The number of ether oxygens (including phenoxy) is 1. The molecule has 1 aliphatic rings. The van der Waals surface area contributed by atoms with Crippen molar-refractivity contribution in [1.82, 2.24) is 0 Å². The van der Waals surface area contributed by atoms with Crippen molar-refractivity contribution in [2.24, 2.45) is 5.92 Å². The molecular weight excluding hydrogens is 268 g/mol. The highest BCUT2D eigenvalue weighted by Gasteiger charge is 2.38. The van der Waals surface area contributed by atoms with Gasteiger partial charge in [0.15, 0.2) is 9.84 Å². The van der Waals surface area contributed by atoms with Crippen LogP contribution in [0.5, 0.6) is 5.75 Å². The number of sulfone groups is 1. The van der Waals surface area contributed by atoms with Crippen LogP contribution in [-0.4, -0.2) is 38.1 Å². The SMILES string of the molecule is COc1cccc(C(C(=O)O)C2CCS(=O)(=O)C2)c1. The number of hydrogen-bond donors (Lipinski definition) is 1. The Kier molecular flexibility index (Phi) is 3.80. The smallest absolute Gasteiger partial charge is 0.311 e. The van der Waals surface area contributed by atoms with Gasteiger partial charge in [-0.3, -0.25) is 4.79 Å². The third-order valence-corrected chi connectivity index (χ3v) is 5.25. The molecule has 1 fully saturated rings. The first-order chi connectivity index (χ1) is 8.93. The van der Waals surface area contributed by atoms with E-state index in [9.17, 15) is 18.3 Å². The lowest BCUT2D eigenvalue weighted by Gasteiger charge is -2.19. The zero-order chi connectivity index (χ0) is 14.0. The molecule has 1 aliphatic heterocycles. The monoisotopic (exact) mass is 284 g/mol. The van der Waals surface area contributed by atoms with Crippen molar-refractivity contribution in [3.8, 4) is 5.75 Å². The normalized spacial score (nSPS) is 22.9. The Bertz CT molecular complexity index is 578. The summed E-state index contributed by atoms with van der Waals surface area (Å²) in [5.74, 6) is -1.56. The molecule has 0 bridgehead atoms. The van der Waals surface area contributed by atoms with Gasteiger partial charge in [-0.15, -0.1) is 0 Å². The second-order valence-corrected chi connectivity index (χ2v) is 6.98. The molecule has 1 N–H and O–H groups in total. The first-order valence-corrected chi connectivity index (χ1v) is 7.82. The van der Waals surface area contributed by atoms with E-state index in [0.717, 1.165) is 0 Å². The summed E-state index contributed by atoms with van der Waals surface area (Å²) in [6, 6.07) is 6.80. The minimum atomic E-state index is -3.09. The van der Waals surface area contributed by atoms with Gasteiger partial charge in [-0.1, -0.05) is 12.1 Å². The maximum atomic E-state index is 11.5. The number of methoxy groups -OCH3 is 1. The fraction of sp³-hybridized carbons (Fsp3) is 0.462. The molecule has 1 aromatic rings. The standard InChI is InChI=1S/C13H16O5S/c1-18-11-4-2-3-9(7-11)12(13(14)15)10-5-6-19(16,17)8-10/h2-4,7,10,12H,5-6,8H2,1H3,(H,14,15). The first kappa shape index (κ1) is 13.9. The summed E-state index contributed by atoms with van der Waals surface area (Å²) >= 11 is 0. The Labute approximate surface area is 112 Å². The molecule has 2 unspecified atom stereocenters. The van der Waals surface area contributed by atoms with Crippen molar-refractivity contribution in [3.05, 3.63) is 29.8 Å². The molecule has 0 amide bonds. The number of carboxylic acid groups (broad SMARTS) is 1. The lowest BCUT2D eigenvalue weighted by molar-refractivity contribution is -0.140. The van der Waals surface area contributed by atoms with Crippen LogP contribution in [0, 0.1) is 5.92 Å². The molecule has 19 heavy (non-hydrogen) atoms. The van der Waals surface area contributed by atoms with Crippen molar-refractivity contribution in [2.75, 3.05) is 18.6 Å². The van der Waals surface area contributed by atoms with Gasteiger partial charge >= 0.3 is 5.97 Å². The third kappa shape index (κ3) is 3.07. The fourth-order valence-electron chi connectivity index (χ4n) is 2.54. The number of aliphatic carboxylic acids is 1. The summed E-state index contributed by atoms with van der Waals surface area (Å²) in [7, 11) is -1.58. The molecule has 1 aromatic carbocycles. The molecular formula is C13H16O5S. The molecule has 6 heteroatoms. The van der Waals surface area contributed by atoms with E-state index >= 15 is 0 Å². The van der Waals surface area contributed by atoms with Gasteiger partial charge in [-0.05, 0) is 30.0 Å². The first-order valence-electron chi connectivity index (χ1n) is 6.00. The maximum absolute atomic E-state index is 11.5. The molecule has 0 aliphatic carbocycles. The minimum Gasteiger partial charge on any atom is -0.497 e. The Morgan fingerprint density at radius 1 is 1.47 bits per heavy atom. The largest absolute Gasteiger partial charge is 0.497 e. The van der Waals surface area contributed by atoms with Crippen LogP contribution in [-0.2, 0) is 14.6 Å². The fourth-order valence-corrected chi connectivity index (χ4v) is 4.38. The van der Waals surface area contributed by atoms with Crippen LogP contribution in [0.3, 0.4) is 0 Å². The van der Waals surface area contributed by atoms with E-state index in [1.807, 2.05) is 0 Å². The Morgan fingerprint density at radius 3 is 2.74 bits per heavy atom. The van der Waals surface area contributed by atoms with Crippen LogP contribution in [0.25, 0.3) is 0 Å². The van der Waals surface area contributed by atoms with Crippen molar-refractivity contribution < 1.29 is 23.1 Å². The molecule has 0 spiro atoms. The number of carbonyl (C=O) groups is 1. The number of benzene rings is 1. The minimum absolute atomic E-state index is 0.0544. The summed E-state index contributed by atoms with van der Waals surface area (Å²) in [6.45, 7) is 0. The van der Waals surface area contributed by atoms with Gasteiger partial charge in [0.2, 0.25) is 0 Å². The van der Waals surface area contributed by atoms with Gasteiger partial charge in [0, 0.05) is 0 Å². The van der Waals surface area contributed by atoms with Gasteiger partial charge in [-0.2, -0.15) is 0 Å². The Hall–Kier alpha value is -1.56. The van der Waals surface area contributed by atoms with Crippen LogP contribution in [0.1, 0.15) is 17.9 Å². The lowest BCUT2D eigenvalue weighted by atomic mass is 9.85. The highest BCUT2D eigenvalue weighted by atomic mass is 32.2. The molecule has 1 saturated heterocycles. The molecule has 2 rings (SSSR count). The van der Waals surface area contributed by atoms with E-state index in [1.165, 1.54) is 7.11 Å².